The van der Waals surface area contributed by atoms with E-state index in [1.807, 2.05) is 19.1 Å². The van der Waals surface area contributed by atoms with Crippen LogP contribution in [-0.2, 0) is 0 Å². The van der Waals surface area contributed by atoms with Crippen molar-refractivity contribution in [3.63, 3.8) is 0 Å². The summed E-state index contributed by atoms with van der Waals surface area (Å²) in [5, 5.41) is 3.02. The normalized spacial score (nSPS) is 16.9. The molecule has 20 heavy (non-hydrogen) atoms. The molecule has 0 aromatic heterocycles. The third-order valence-electron chi connectivity index (χ3n) is 4.15. The van der Waals surface area contributed by atoms with Crippen LogP contribution in [0.2, 0.25) is 0 Å². The summed E-state index contributed by atoms with van der Waals surface area (Å²) in [6.45, 7) is 3.89. The first kappa shape index (κ1) is 14.9. The maximum absolute atomic E-state index is 12.1. The number of amides is 1. The molecule has 0 heterocycles. The van der Waals surface area contributed by atoms with Gasteiger partial charge in [0.25, 0.3) is 5.91 Å². The van der Waals surface area contributed by atoms with E-state index in [2.05, 4.69) is 5.32 Å². The second-order valence-corrected chi connectivity index (χ2v) is 5.55. The van der Waals surface area contributed by atoms with Crippen LogP contribution in [0, 0.1) is 5.41 Å². The predicted molar refractivity (Wildman–Crippen MR) is 79.9 cm³/mol. The van der Waals surface area contributed by atoms with Crippen molar-refractivity contribution in [2.45, 2.75) is 32.6 Å². The van der Waals surface area contributed by atoms with Crippen molar-refractivity contribution in [1.82, 2.24) is 5.32 Å². The lowest BCUT2D eigenvalue weighted by molar-refractivity contribution is 0.0932. The van der Waals surface area contributed by atoms with Gasteiger partial charge in [0, 0.05) is 12.1 Å². The Morgan fingerprint density at radius 2 is 1.95 bits per heavy atom. The largest absolute Gasteiger partial charge is 0.494 e. The van der Waals surface area contributed by atoms with Crippen molar-refractivity contribution in [2.24, 2.45) is 11.1 Å². The lowest BCUT2D eigenvalue weighted by Gasteiger charge is -2.27. The minimum atomic E-state index is -0.0345. The molecular formula is C16H24N2O2. The zero-order valence-electron chi connectivity index (χ0n) is 12.2. The Morgan fingerprint density at radius 1 is 1.30 bits per heavy atom. The fourth-order valence-corrected chi connectivity index (χ4v) is 2.82. The molecular weight excluding hydrogens is 252 g/mol. The molecule has 0 bridgehead atoms. The molecule has 4 heteroatoms. The van der Waals surface area contributed by atoms with Gasteiger partial charge in [-0.05, 0) is 56.0 Å². The topological polar surface area (TPSA) is 64.3 Å². The van der Waals surface area contributed by atoms with Gasteiger partial charge in [-0.25, -0.2) is 0 Å². The van der Waals surface area contributed by atoms with E-state index in [9.17, 15) is 4.79 Å². The Morgan fingerprint density at radius 3 is 2.50 bits per heavy atom. The number of hydrogen-bond acceptors (Lipinski definition) is 3. The van der Waals surface area contributed by atoms with Crippen molar-refractivity contribution in [3.05, 3.63) is 29.8 Å². The van der Waals surface area contributed by atoms with Gasteiger partial charge in [-0.3, -0.25) is 4.79 Å². The van der Waals surface area contributed by atoms with Gasteiger partial charge in [-0.1, -0.05) is 12.8 Å². The summed E-state index contributed by atoms with van der Waals surface area (Å²) in [5.41, 5.74) is 6.66. The molecule has 1 aliphatic rings. The van der Waals surface area contributed by atoms with E-state index >= 15 is 0 Å². The number of hydrogen-bond donors (Lipinski definition) is 2. The second-order valence-electron chi connectivity index (χ2n) is 5.55. The van der Waals surface area contributed by atoms with Crippen molar-refractivity contribution < 1.29 is 9.53 Å². The molecule has 0 radical (unpaired) electrons. The Hall–Kier alpha value is -1.55. The van der Waals surface area contributed by atoms with Crippen LogP contribution in [0.1, 0.15) is 43.0 Å². The first-order valence-corrected chi connectivity index (χ1v) is 7.40. The molecule has 0 saturated heterocycles. The molecule has 1 saturated carbocycles. The third-order valence-corrected chi connectivity index (χ3v) is 4.15. The molecule has 3 N–H and O–H groups in total. The molecule has 0 unspecified atom stereocenters. The van der Waals surface area contributed by atoms with Gasteiger partial charge in [-0.2, -0.15) is 0 Å². The number of rotatable bonds is 6. The van der Waals surface area contributed by atoms with E-state index in [0.717, 1.165) is 18.6 Å². The molecule has 110 valence electrons. The highest BCUT2D eigenvalue weighted by atomic mass is 16.5. The first-order chi connectivity index (χ1) is 9.69. The number of ether oxygens (including phenoxy) is 1. The fourth-order valence-electron chi connectivity index (χ4n) is 2.82. The Bertz CT molecular complexity index is 436. The molecule has 1 fully saturated rings. The van der Waals surface area contributed by atoms with Crippen molar-refractivity contribution in [2.75, 3.05) is 19.7 Å². The van der Waals surface area contributed by atoms with E-state index in [4.69, 9.17) is 10.5 Å². The minimum absolute atomic E-state index is 0.0345. The van der Waals surface area contributed by atoms with Gasteiger partial charge < -0.3 is 15.8 Å². The number of benzene rings is 1. The Labute approximate surface area is 120 Å². The Balaban J connectivity index is 1.91. The van der Waals surface area contributed by atoms with Crippen molar-refractivity contribution in [3.8, 4) is 5.75 Å². The van der Waals surface area contributed by atoms with Crippen LogP contribution in [-0.4, -0.2) is 25.6 Å². The Kier molecular flexibility index (Phi) is 5.01. The molecule has 0 atom stereocenters. The van der Waals surface area contributed by atoms with Crippen molar-refractivity contribution in [1.29, 1.82) is 0 Å². The van der Waals surface area contributed by atoms with Crippen LogP contribution in [0.5, 0.6) is 5.75 Å². The van der Waals surface area contributed by atoms with Crippen molar-refractivity contribution >= 4 is 5.91 Å². The highest BCUT2D eigenvalue weighted by Crippen LogP contribution is 2.36. The smallest absolute Gasteiger partial charge is 0.251 e. The monoisotopic (exact) mass is 276 g/mol. The van der Waals surface area contributed by atoms with Gasteiger partial charge in [0.15, 0.2) is 0 Å². The highest BCUT2D eigenvalue weighted by Gasteiger charge is 2.32. The van der Waals surface area contributed by atoms with Crippen LogP contribution >= 0.6 is 0 Å². The molecule has 0 aliphatic heterocycles. The van der Waals surface area contributed by atoms with Gasteiger partial charge >= 0.3 is 0 Å². The standard InChI is InChI=1S/C16H24N2O2/c1-2-20-14-7-5-13(6-8-14)15(19)18-12-16(11-17)9-3-4-10-16/h5-8H,2-4,9-12,17H2,1H3,(H,18,19). The lowest BCUT2D eigenvalue weighted by atomic mass is 9.86. The average molecular weight is 276 g/mol. The average Bonchev–Trinajstić information content (AvgIpc) is 2.95. The van der Waals surface area contributed by atoms with Gasteiger partial charge in [0.2, 0.25) is 0 Å². The van der Waals surface area contributed by atoms with Crippen LogP contribution in [0.25, 0.3) is 0 Å². The number of carbonyl (C=O) groups is 1. The number of carbonyl (C=O) groups excluding carboxylic acids is 1. The van der Waals surface area contributed by atoms with E-state index in [1.165, 1.54) is 12.8 Å². The van der Waals surface area contributed by atoms with Crippen LogP contribution in [0.4, 0.5) is 0 Å². The lowest BCUT2D eigenvalue weighted by Crippen LogP contribution is -2.40. The zero-order chi connectivity index (χ0) is 14.4. The van der Waals surface area contributed by atoms with Crippen LogP contribution in [0.3, 0.4) is 0 Å². The number of nitrogens with two attached hydrogens (primary N) is 1. The zero-order valence-corrected chi connectivity index (χ0v) is 12.2. The highest BCUT2D eigenvalue weighted by molar-refractivity contribution is 5.94. The summed E-state index contributed by atoms with van der Waals surface area (Å²) in [5.74, 6) is 0.756. The van der Waals surface area contributed by atoms with E-state index in [-0.39, 0.29) is 11.3 Å². The number of nitrogens with one attached hydrogen (secondary N) is 1. The van der Waals surface area contributed by atoms with Crippen LogP contribution in [0.15, 0.2) is 24.3 Å². The van der Waals surface area contributed by atoms with Gasteiger partial charge in [0.05, 0.1) is 6.61 Å². The van der Waals surface area contributed by atoms with Gasteiger partial charge in [-0.15, -0.1) is 0 Å². The first-order valence-electron chi connectivity index (χ1n) is 7.40. The quantitative estimate of drug-likeness (QED) is 0.838. The SMILES string of the molecule is CCOc1ccc(C(=O)NCC2(CN)CCCC2)cc1. The van der Waals surface area contributed by atoms with Gasteiger partial charge in [0.1, 0.15) is 5.75 Å². The van der Waals surface area contributed by atoms with Crippen LogP contribution < -0.4 is 15.8 Å². The summed E-state index contributed by atoms with van der Waals surface area (Å²) >= 11 is 0. The minimum Gasteiger partial charge on any atom is -0.494 e. The molecule has 1 aromatic rings. The molecule has 1 amide bonds. The molecule has 1 aromatic carbocycles. The third kappa shape index (κ3) is 3.51. The van der Waals surface area contributed by atoms with E-state index in [1.54, 1.807) is 12.1 Å². The summed E-state index contributed by atoms with van der Waals surface area (Å²) in [7, 11) is 0. The molecule has 4 nitrogen and oxygen atoms in total. The van der Waals surface area contributed by atoms with E-state index in [0.29, 0.717) is 25.3 Å². The molecule has 2 rings (SSSR count). The van der Waals surface area contributed by atoms with E-state index < -0.39 is 0 Å². The maximum atomic E-state index is 12.1. The second kappa shape index (κ2) is 6.75. The summed E-state index contributed by atoms with van der Waals surface area (Å²) in [4.78, 5) is 12.1. The molecule has 1 aliphatic carbocycles. The molecule has 0 spiro atoms. The maximum Gasteiger partial charge on any atom is 0.251 e. The fraction of sp³-hybridized carbons (Fsp3) is 0.562. The summed E-state index contributed by atoms with van der Waals surface area (Å²) in [6.07, 6.45) is 4.67. The summed E-state index contributed by atoms with van der Waals surface area (Å²) in [6, 6.07) is 7.24. The predicted octanol–water partition coefficient (Wildman–Crippen LogP) is 2.33. The summed E-state index contributed by atoms with van der Waals surface area (Å²) < 4.78 is 5.37.